The van der Waals surface area contributed by atoms with Crippen LogP contribution in [0.15, 0.2) is 47.4 Å². The summed E-state index contributed by atoms with van der Waals surface area (Å²) in [7, 11) is 1.65. The highest BCUT2D eigenvalue weighted by atomic mass is 32.2. The van der Waals surface area contributed by atoms with E-state index in [1.807, 2.05) is 24.3 Å². The Bertz CT molecular complexity index is 560. The summed E-state index contributed by atoms with van der Waals surface area (Å²) < 4.78 is 18.4. The summed E-state index contributed by atoms with van der Waals surface area (Å²) in [5, 5.41) is 0. The minimum absolute atomic E-state index is 0.215. The zero-order valence-corrected chi connectivity index (χ0v) is 11.5. The standard InChI is InChI=1S/C15H16FNOS/c1-18-15-6-5-11(9-17)7-12(15)10-19-14-4-2-3-13(16)8-14/h2-8H,9-10,17H2,1H3. The predicted octanol–water partition coefficient (Wildman–Crippen LogP) is 3.59. The molecule has 0 aromatic heterocycles. The predicted molar refractivity (Wildman–Crippen MR) is 76.8 cm³/mol. The Morgan fingerprint density at radius 2 is 2.05 bits per heavy atom. The van der Waals surface area contributed by atoms with E-state index in [1.54, 1.807) is 24.9 Å². The van der Waals surface area contributed by atoms with Gasteiger partial charge in [0, 0.05) is 22.8 Å². The van der Waals surface area contributed by atoms with Gasteiger partial charge in [-0.2, -0.15) is 0 Å². The second-order valence-corrected chi connectivity index (χ2v) is 5.15. The number of ether oxygens (including phenoxy) is 1. The number of thioether (sulfide) groups is 1. The Balaban J connectivity index is 2.14. The van der Waals surface area contributed by atoms with E-state index in [1.165, 1.54) is 12.1 Å². The van der Waals surface area contributed by atoms with Crippen LogP contribution in [-0.2, 0) is 12.3 Å². The molecule has 2 rings (SSSR count). The third kappa shape index (κ3) is 3.72. The Morgan fingerprint density at radius 1 is 1.21 bits per heavy atom. The first-order chi connectivity index (χ1) is 9.22. The van der Waals surface area contributed by atoms with Crippen LogP contribution in [0.1, 0.15) is 11.1 Å². The highest BCUT2D eigenvalue weighted by molar-refractivity contribution is 7.98. The molecule has 0 spiro atoms. The number of rotatable bonds is 5. The number of hydrogen-bond donors (Lipinski definition) is 1. The first-order valence-electron chi connectivity index (χ1n) is 5.97. The molecule has 0 bridgehead atoms. The van der Waals surface area contributed by atoms with Gasteiger partial charge in [-0.25, -0.2) is 4.39 Å². The molecule has 2 nitrogen and oxygen atoms in total. The Kier molecular flexibility index (Phi) is 4.82. The molecule has 0 saturated carbocycles. The molecular formula is C15H16FNOS. The van der Waals surface area contributed by atoms with Crippen molar-refractivity contribution in [3.05, 3.63) is 59.4 Å². The molecule has 0 aliphatic heterocycles. The molecule has 0 heterocycles. The molecule has 0 aliphatic carbocycles. The lowest BCUT2D eigenvalue weighted by Crippen LogP contribution is -1.98. The molecule has 2 aromatic carbocycles. The van der Waals surface area contributed by atoms with Gasteiger partial charge in [-0.15, -0.1) is 11.8 Å². The van der Waals surface area contributed by atoms with Gasteiger partial charge in [0.1, 0.15) is 11.6 Å². The SMILES string of the molecule is COc1ccc(CN)cc1CSc1cccc(F)c1. The van der Waals surface area contributed by atoms with Gasteiger partial charge < -0.3 is 10.5 Å². The van der Waals surface area contributed by atoms with Crippen LogP contribution in [0.25, 0.3) is 0 Å². The van der Waals surface area contributed by atoms with E-state index in [-0.39, 0.29) is 5.82 Å². The molecule has 0 unspecified atom stereocenters. The van der Waals surface area contributed by atoms with Gasteiger partial charge in [-0.3, -0.25) is 0 Å². The molecule has 4 heteroatoms. The number of hydrogen-bond acceptors (Lipinski definition) is 3. The molecule has 19 heavy (non-hydrogen) atoms. The fourth-order valence-electron chi connectivity index (χ4n) is 1.79. The lowest BCUT2D eigenvalue weighted by Gasteiger charge is -2.10. The van der Waals surface area contributed by atoms with Gasteiger partial charge in [0.15, 0.2) is 0 Å². The maximum absolute atomic E-state index is 13.1. The zero-order valence-electron chi connectivity index (χ0n) is 10.7. The van der Waals surface area contributed by atoms with Crippen LogP contribution in [0.2, 0.25) is 0 Å². The summed E-state index contributed by atoms with van der Waals surface area (Å²) >= 11 is 1.58. The lowest BCUT2D eigenvalue weighted by molar-refractivity contribution is 0.411. The summed E-state index contributed by atoms with van der Waals surface area (Å²) in [4.78, 5) is 0.903. The maximum atomic E-state index is 13.1. The van der Waals surface area contributed by atoms with E-state index >= 15 is 0 Å². The molecule has 0 saturated heterocycles. The van der Waals surface area contributed by atoms with E-state index in [9.17, 15) is 4.39 Å². The van der Waals surface area contributed by atoms with E-state index in [0.717, 1.165) is 27.5 Å². The Labute approximate surface area is 116 Å². The Hall–Kier alpha value is -1.52. The van der Waals surface area contributed by atoms with Crippen molar-refractivity contribution >= 4 is 11.8 Å². The van der Waals surface area contributed by atoms with Crippen LogP contribution < -0.4 is 10.5 Å². The zero-order chi connectivity index (χ0) is 13.7. The van der Waals surface area contributed by atoms with Crippen LogP contribution in [0.5, 0.6) is 5.75 Å². The van der Waals surface area contributed by atoms with Gasteiger partial charge in [0.2, 0.25) is 0 Å². The van der Waals surface area contributed by atoms with Crippen LogP contribution in [0.4, 0.5) is 4.39 Å². The summed E-state index contributed by atoms with van der Waals surface area (Å²) in [5.74, 6) is 1.34. The van der Waals surface area contributed by atoms with Crippen molar-refractivity contribution < 1.29 is 9.13 Å². The van der Waals surface area contributed by atoms with Gasteiger partial charge in [-0.05, 0) is 35.9 Å². The van der Waals surface area contributed by atoms with Gasteiger partial charge in [0.25, 0.3) is 0 Å². The average molecular weight is 277 g/mol. The quantitative estimate of drug-likeness (QED) is 0.848. The number of halogens is 1. The molecule has 0 fully saturated rings. The van der Waals surface area contributed by atoms with E-state index in [0.29, 0.717) is 6.54 Å². The second-order valence-electron chi connectivity index (χ2n) is 4.10. The second kappa shape index (κ2) is 6.59. The van der Waals surface area contributed by atoms with Crippen molar-refractivity contribution in [2.75, 3.05) is 7.11 Å². The number of methoxy groups -OCH3 is 1. The average Bonchev–Trinajstić information content (AvgIpc) is 2.45. The summed E-state index contributed by atoms with van der Waals surface area (Å²) in [6, 6.07) is 12.5. The van der Waals surface area contributed by atoms with Crippen LogP contribution in [-0.4, -0.2) is 7.11 Å². The van der Waals surface area contributed by atoms with Gasteiger partial charge >= 0.3 is 0 Å². The van der Waals surface area contributed by atoms with Crippen molar-refractivity contribution in [2.24, 2.45) is 5.73 Å². The van der Waals surface area contributed by atoms with Crippen molar-refractivity contribution in [3.63, 3.8) is 0 Å². The smallest absolute Gasteiger partial charge is 0.124 e. The first-order valence-corrected chi connectivity index (χ1v) is 6.95. The monoisotopic (exact) mass is 277 g/mol. The third-order valence-corrected chi connectivity index (χ3v) is 3.81. The largest absolute Gasteiger partial charge is 0.496 e. The third-order valence-electron chi connectivity index (χ3n) is 2.77. The van der Waals surface area contributed by atoms with Gasteiger partial charge in [0.05, 0.1) is 7.11 Å². The maximum Gasteiger partial charge on any atom is 0.124 e. The summed E-state index contributed by atoms with van der Waals surface area (Å²) in [5.41, 5.74) is 7.77. The number of nitrogens with two attached hydrogens (primary N) is 1. The number of benzene rings is 2. The highest BCUT2D eigenvalue weighted by Crippen LogP contribution is 2.29. The summed E-state index contributed by atoms with van der Waals surface area (Å²) in [6.07, 6.45) is 0. The van der Waals surface area contributed by atoms with Crippen LogP contribution >= 0.6 is 11.8 Å². The minimum atomic E-state index is -0.215. The molecule has 0 amide bonds. The van der Waals surface area contributed by atoms with Crippen molar-refractivity contribution in [1.29, 1.82) is 0 Å². The van der Waals surface area contributed by atoms with E-state index in [4.69, 9.17) is 10.5 Å². The van der Waals surface area contributed by atoms with Gasteiger partial charge in [-0.1, -0.05) is 12.1 Å². The molecular weight excluding hydrogens is 261 g/mol. The first kappa shape index (κ1) is 13.9. The fourth-order valence-corrected chi connectivity index (χ4v) is 2.71. The van der Waals surface area contributed by atoms with Crippen molar-refractivity contribution in [2.45, 2.75) is 17.2 Å². The highest BCUT2D eigenvalue weighted by Gasteiger charge is 2.05. The van der Waals surface area contributed by atoms with E-state index in [2.05, 4.69) is 0 Å². The molecule has 100 valence electrons. The van der Waals surface area contributed by atoms with Crippen molar-refractivity contribution in [3.8, 4) is 5.75 Å². The molecule has 2 aromatic rings. The van der Waals surface area contributed by atoms with E-state index < -0.39 is 0 Å². The topological polar surface area (TPSA) is 35.2 Å². The minimum Gasteiger partial charge on any atom is -0.496 e. The molecule has 0 atom stereocenters. The lowest BCUT2D eigenvalue weighted by atomic mass is 10.1. The molecule has 0 aliphatic rings. The van der Waals surface area contributed by atoms with Crippen molar-refractivity contribution in [1.82, 2.24) is 0 Å². The summed E-state index contributed by atoms with van der Waals surface area (Å²) in [6.45, 7) is 0.502. The fraction of sp³-hybridized carbons (Fsp3) is 0.200. The van der Waals surface area contributed by atoms with Crippen LogP contribution in [0, 0.1) is 5.82 Å². The molecule has 0 radical (unpaired) electrons. The Morgan fingerprint density at radius 3 is 2.74 bits per heavy atom. The molecule has 2 N–H and O–H groups in total. The van der Waals surface area contributed by atoms with Crippen LogP contribution in [0.3, 0.4) is 0 Å². The normalized spacial score (nSPS) is 10.5.